The van der Waals surface area contributed by atoms with Crippen LogP contribution in [0.15, 0.2) is 72.8 Å². The van der Waals surface area contributed by atoms with E-state index in [1.165, 1.54) is 12.1 Å². The molecule has 0 saturated carbocycles. The maximum atomic E-state index is 12.8. The van der Waals surface area contributed by atoms with Gasteiger partial charge in [-0.3, -0.25) is 0 Å². The van der Waals surface area contributed by atoms with Crippen molar-refractivity contribution in [3.8, 4) is 5.75 Å². The predicted octanol–water partition coefficient (Wildman–Crippen LogP) is 6.28. The third-order valence-electron chi connectivity index (χ3n) is 4.96. The summed E-state index contributed by atoms with van der Waals surface area (Å²) < 4.78 is 45.4. The number of nitrogens with two attached hydrogens (primary N) is 1. The van der Waals surface area contributed by atoms with Crippen LogP contribution in [0.4, 0.5) is 18.3 Å². The molecule has 1 heterocycles. The van der Waals surface area contributed by atoms with Crippen molar-refractivity contribution < 1.29 is 17.9 Å². The van der Waals surface area contributed by atoms with Crippen LogP contribution in [0.3, 0.4) is 0 Å². The number of rotatable bonds is 8. The van der Waals surface area contributed by atoms with Crippen molar-refractivity contribution in [1.29, 1.82) is 0 Å². The summed E-state index contributed by atoms with van der Waals surface area (Å²) in [5.41, 5.74) is 7.74. The first kappa shape index (κ1) is 24.8. The number of thiazole rings is 1. The van der Waals surface area contributed by atoms with Gasteiger partial charge in [-0.15, -0.1) is 12.4 Å². The van der Waals surface area contributed by atoms with E-state index in [4.69, 9.17) is 15.5 Å². The van der Waals surface area contributed by atoms with Crippen LogP contribution in [0, 0.1) is 0 Å². The average Bonchev–Trinajstić information content (AvgIpc) is 3.22. The normalized spacial score (nSPS) is 11.3. The molecule has 0 spiro atoms. The largest absolute Gasteiger partial charge is 0.489 e. The van der Waals surface area contributed by atoms with Crippen molar-refractivity contribution in [2.24, 2.45) is 5.73 Å². The first-order valence-corrected chi connectivity index (χ1v) is 10.9. The molecule has 4 aromatic rings. The number of anilines is 1. The van der Waals surface area contributed by atoms with Crippen molar-refractivity contribution in [2.75, 3.05) is 18.0 Å². The fourth-order valence-electron chi connectivity index (χ4n) is 3.33. The van der Waals surface area contributed by atoms with Crippen LogP contribution < -0.4 is 15.4 Å². The third kappa shape index (κ3) is 6.16. The van der Waals surface area contributed by atoms with Gasteiger partial charge >= 0.3 is 6.18 Å². The molecular formula is C24H23ClF3N3OS. The third-order valence-corrected chi connectivity index (χ3v) is 6.06. The zero-order valence-corrected chi connectivity index (χ0v) is 19.2. The van der Waals surface area contributed by atoms with E-state index in [0.29, 0.717) is 30.9 Å². The smallest absolute Gasteiger partial charge is 0.416 e. The highest BCUT2D eigenvalue weighted by Crippen LogP contribution is 2.31. The van der Waals surface area contributed by atoms with Gasteiger partial charge in [0, 0.05) is 25.2 Å². The summed E-state index contributed by atoms with van der Waals surface area (Å²) in [6.07, 6.45) is -4.35. The van der Waals surface area contributed by atoms with E-state index >= 15 is 0 Å². The summed E-state index contributed by atoms with van der Waals surface area (Å²) in [6.45, 7) is 1.84. The minimum absolute atomic E-state index is 0. The van der Waals surface area contributed by atoms with E-state index in [-0.39, 0.29) is 19.0 Å². The number of hydrogen-bond donors (Lipinski definition) is 1. The minimum atomic E-state index is -4.35. The van der Waals surface area contributed by atoms with E-state index in [1.807, 2.05) is 48.5 Å². The SMILES string of the molecule is Cl.NCCN(Cc1ccccc1OCc1ccc(C(F)(F)F)cc1)c1nc2ccccc2s1. The summed E-state index contributed by atoms with van der Waals surface area (Å²) in [6, 6.07) is 20.6. The highest BCUT2D eigenvalue weighted by atomic mass is 35.5. The van der Waals surface area contributed by atoms with Gasteiger partial charge in [-0.25, -0.2) is 4.98 Å². The number of nitrogens with zero attached hydrogens (tertiary/aromatic N) is 2. The van der Waals surface area contributed by atoms with Gasteiger partial charge in [-0.2, -0.15) is 13.2 Å². The molecule has 0 bridgehead atoms. The van der Waals surface area contributed by atoms with Gasteiger partial charge in [-0.05, 0) is 35.9 Å². The van der Waals surface area contributed by atoms with Crippen molar-refractivity contribution in [2.45, 2.75) is 19.3 Å². The van der Waals surface area contributed by atoms with Gasteiger partial charge < -0.3 is 15.4 Å². The number of benzene rings is 3. The maximum Gasteiger partial charge on any atom is 0.416 e. The van der Waals surface area contributed by atoms with Crippen LogP contribution in [0.5, 0.6) is 5.75 Å². The molecule has 0 fully saturated rings. The number of halogens is 4. The van der Waals surface area contributed by atoms with E-state index in [0.717, 1.165) is 33.0 Å². The first-order valence-electron chi connectivity index (χ1n) is 10.1. The molecule has 0 amide bonds. The standard InChI is InChI=1S/C24H22F3N3OS.ClH/c25-24(26,27)19-11-9-17(10-12-19)16-31-21-7-3-1-5-18(21)15-30(14-13-28)23-29-20-6-2-4-8-22(20)32-23;/h1-12H,13-16,28H2;1H. The number of fused-ring (bicyclic) bond motifs is 1. The molecule has 0 aliphatic heterocycles. The molecule has 33 heavy (non-hydrogen) atoms. The Morgan fingerprint density at radius 2 is 1.64 bits per heavy atom. The van der Waals surface area contributed by atoms with Crippen LogP contribution in [0.25, 0.3) is 10.2 Å². The van der Waals surface area contributed by atoms with E-state index in [9.17, 15) is 13.2 Å². The number of ether oxygens (including phenoxy) is 1. The lowest BCUT2D eigenvalue weighted by Gasteiger charge is -2.22. The molecule has 0 aliphatic rings. The molecule has 4 rings (SSSR count). The van der Waals surface area contributed by atoms with Crippen molar-refractivity contribution in [1.82, 2.24) is 4.98 Å². The Kier molecular flexibility index (Phi) is 8.18. The number of para-hydroxylation sites is 2. The molecule has 0 atom stereocenters. The minimum Gasteiger partial charge on any atom is -0.489 e. The maximum absolute atomic E-state index is 12.8. The summed E-state index contributed by atoms with van der Waals surface area (Å²) in [4.78, 5) is 6.85. The molecule has 0 aliphatic carbocycles. The lowest BCUT2D eigenvalue weighted by molar-refractivity contribution is -0.137. The van der Waals surface area contributed by atoms with Crippen LogP contribution in [0.1, 0.15) is 16.7 Å². The predicted molar refractivity (Wildman–Crippen MR) is 129 cm³/mol. The highest BCUT2D eigenvalue weighted by Gasteiger charge is 2.29. The molecule has 4 nitrogen and oxygen atoms in total. The van der Waals surface area contributed by atoms with Gasteiger partial charge in [0.15, 0.2) is 5.13 Å². The highest BCUT2D eigenvalue weighted by molar-refractivity contribution is 7.22. The number of hydrogen-bond acceptors (Lipinski definition) is 5. The van der Waals surface area contributed by atoms with Gasteiger partial charge in [-0.1, -0.05) is 53.8 Å². The molecule has 2 N–H and O–H groups in total. The topological polar surface area (TPSA) is 51.4 Å². The van der Waals surface area contributed by atoms with Crippen molar-refractivity contribution >= 4 is 39.1 Å². The fourth-order valence-corrected chi connectivity index (χ4v) is 4.32. The van der Waals surface area contributed by atoms with Crippen LogP contribution in [-0.4, -0.2) is 18.1 Å². The molecule has 174 valence electrons. The zero-order valence-electron chi connectivity index (χ0n) is 17.6. The fraction of sp³-hybridized carbons (Fsp3) is 0.208. The Morgan fingerprint density at radius 1 is 0.939 bits per heavy atom. The Hall–Kier alpha value is -2.81. The Morgan fingerprint density at radius 3 is 2.33 bits per heavy atom. The molecule has 9 heteroatoms. The van der Waals surface area contributed by atoms with E-state index < -0.39 is 11.7 Å². The molecule has 0 radical (unpaired) electrons. The van der Waals surface area contributed by atoms with Gasteiger partial charge in [0.2, 0.25) is 0 Å². The van der Waals surface area contributed by atoms with Gasteiger partial charge in [0.1, 0.15) is 12.4 Å². The number of alkyl halides is 3. The van der Waals surface area contributed by atoms with E-state index in [2.05, 4.69) is 4.90 Å². The number of aromatic nitrogens is 1. The molecule has 0 saturated heterocycles. The first-order chi connectivity index (χ1) is 15.4. The molecule has 3 aromatic carbocycles. The van der Waals surface area contributed by atoms with Crippen LogP contribution >= 0.6 is 23.7 Å². The molecular weight excluding hydrogens is 471 g/mol. The van der Waals surface area contributed by atoms with E-state index in [1.54, 1.807) is 11.3 Å². The molecule has 0 unspecified atom stereocenters. The van der Waals surface area contributed by atoms with Crippen LogP contribution in [0.2, 0.25) is 0 Å². The molecule has 1 aromatic heterocycles. The zero-order chi connectivity index (χ0) is 22.6. The lowest BCUT2D eigenvalue weighted by atomic mass is 10.1. The summed E-state index contributed by atoms with van der Waals surface area (Å²) in [5.74, 6) is 0.676. The second kappa shape index (κ2) is 10.9. The van der Waals surface area contributed by atoms with Gasteiger partial charge in [0.25, 0.3) is 0 Å². The van der Waals surface area contributed by atoms with Crippen molar-refractivity contribution in [3.63, 3.8) is 0 Å². The quantitative estimate of drug-likeness (QED) is 0.314. The second-order valence-electron chi connectivity index (χ2n) is 7.27. The summed E-state index contributed by atoms with van der Waals surface area (Å²) in [7, 11) is 0. The Bertz CT molecular complexity index is 1150. The Balaban J connectivity index is 0.00000306. The Labute approximate surface area is 200 Å². The van der Waals surface area contributed by atoms with Gasteiger partial charge in [0.05, 0.1) is 15.8 Å². The monoisotopic (exact) mass is 493 g/mol. The summed E-state index contributed by atoms with van der Waals surface area (Å²) >= 11 is 1.61. The van der Waals surface area contributed by atoms with Crippen molar-refractivity contribution in [3.05, 3.63) is 89.5 Å². The lowest BCUT2D eigenvalue weighted by Crippen LogP contribution is -2.29. The average molecular weight is 494 g/mol. The second-order valence-corrected chi connectivity index (χ2v) is 8.27. The summed E-state index contributed by atoms with van der Waals surface area (Å²) in [5, 5.41) is 0.884. The van der Waals surface area contributed by atoms with Crippen LogP contribution in [-0.2, 0) is 19.3 Å².